The first-order valence-corrected chi connectivity index (χ1v) is 4.23. The SMILES string of the molecule is C#CC(C)(C)NC(C)CC(=O)OC. The van der Waals surface area contributed by atoms with Crippen LogP contribution in [0.4, 0.5) is 0 Å². The smallest absolute Gasteiger partial charge is 0.307 e. The molecule has 1 N–H and O–H groups in total. The Bertz CT molecular complexity index is 215. The monoisotopic (exact) mass is 183 g/mol. The van der Waals surface area contributed by atoms with E-state index in [4.69, 9.17) is 6.42 Å². The van der Waals surface area contributed by atoms with Gasteiger partial charge in [-0.05, 0) is 20.8 Å². The lowest BCUT2D eigenvalue weighted by atomic mass is 10.0. The zero-order valence-corrected chi connectivity index (χ0v) is 8.68. The van der Waals surface area contributed by atoms with Gasteiger partial charge in [0.2, 0.25) is 0 Å². The highest BCUT2D eigenvalue weighted by Crippen LogP contribution is 2.03. The summed E-state index contributed by atoms with van der Waals surface area (Å²) >= 11 is 0. The van der Waals surface area contributed by atoms with Gasteiger partial charge in [0.25, 0.3) is 0 Å². The van der Waals surface area contributed by atoms with Crippen molar-refractivity contribution in [2.45, 2.75) is 38.8 Å². The molecule has 0 aromatic heterocycles. The summed E-state index contributed by atoms with van der Waals surface area (Å²) in [5.41, 5.74) is -0.382. The normalized spacial score (nSPS) is 13.2. The van der Waals surface area contributed by atoms with Crippen LogP contribution >= 0.6 is 0 Å². The Balaban J connectivity index is 3.96. The first-order valence-electron chi connectivity index (χ1n) is 4.23. The number of terminal acetylenes is 1. The van der Waals surface area contributed by atoms with Gasteiger partial charge in [-0.2, -0.15) is 0 Å². The minimum Gasteiger partial charge on any atom is -0.469 e. The molecule has 0 aliphatic heterocycles. The Morgan fingerprint density at radius 1 is 1.69 bits per heavy atom. The van der Waals surface area contributed by atoms with Gasteiger partial charge in [-0.3, -0.25) is 10.1 Å². The van der Waals surface area contributed by atoms with E-state index in [1.54, 1.807) is 0 Å². The fourth-order valence-electron chi connectivity index (χ4n) is 1.04. The van der Waals surface area contributed by atoms with Crippen LogP contribution in [0.5, 0.6) is 0 Å². The van der Waals surface area contributed by atoms with Gasteiger partial charge < -0.3 is 4.74 Å². The van der Waals surface area contributed by atoms with Crippen molar-refractivity contribution in [2.75, 3.05) is 7.11 Å². The Kier molecular flexibility index (Phi) is 4.50. The van der Waals surface area contributed by atoms with Crippen LogP contribution in [0.15, 0.2) is 0 Å². The third-order valence-corrected chi connectivity index (χ3v) is 1.67. The molecule has 0 fully saturated rings. The second-order valence-electron chi connectivity index (χ2n) is 3.59. The standard InChI is InChI=1S/C10H17NO2/c1-6-10(3,4)11-8(2)7-9(12)13-5/h1,8,11H,7H2,2-5H3. The first kappa shape index (κ1) is 12.0. The molecule has 0 bridgehead atoms. The molecular formula is C10H17NO2. The number of carbonyl (C=O) groups is 1. The molecule has 0 saturated carbocycles. The lowest BCUT2D eigenvalue weighted by molar-refractivity contribution is -0.141. The van der Waals surface area contributed by atoms with Crippen molar-refractivity contribution in [3.63, 3.8) is 0 Å². The van der Waals surface area contributed by atoms with Gasteiger partial charge >= 0.3 is 5.97 Å². The van der Waals surface area contributed by atoms with Crippen molar-refractivity contribution >= 4 is 5.97 Å². The first-order chi connectivity index (χ1) is 5.91. The molecule has 13 heavy (non-hydrogen) atoms. The Morgan fingerprint density at radius 3 is 2.62 bits per heavy atom. The molecule has 3 nitrogen and oxygen atoms in total. The van der Waals surface area contributed by atoms with Gasteiger partial charge in [0.1, 0.15) is 0 Å². The number of rotatable bonds is 4. The van der Waals surface area contributed by atoms with Crippen molar-refractivity contribution in [1.82, 2.24) is 5.32 Å². The van der Waals surface area contributed by atoms with Crippen molar-refractivity contribution < 1.29 is 9.53 Å². The maximum absolute atomic E-state index is 10.9. The van der Waals surface area contributed by atoms with E-state index in [-0.39, 0.29) is 17.6 Å². The second-order valence-corrected chi connectivity index (χ2v) is 3.59. The number of carbonyl (C=O) groups excluding carboxylic acids is 1. The van der Waals surface area contributed by atoms with Crippen LogP contribution in [0.1, 0.15) is 27.2 Å². The third-order valence-electron chi connectivity index (χ3n) is 1.67. The maximum Gasteiger partial charge on any atom is 0.307 e. The van der Waals surface area contributed by atoms with Crippen LogP contribution in [-0.4, -0.2) is 24.7 Å². The summed E-state index contributed by atoms with van der Waals surface area (Å²) in [7, 11) is 1.38. The molecule has 0 aromatic carbocycles. The summed E-state index contributed by atoms with van der Waals surface area (Å²) in [4.78, 5) is 10.9. The van der Waals surface area contributed by atoms with Gasteiger partial charge in [-0.1, -0.05) is 5.92 Å². The summed E-state index contributed by atoms with van der Waals surface area (Å²) in [6.07, 6.45) is 5.62. The fraction of sp³-hybridized carbons (Fsp3) is 0.700. The molecule has 3 heteroatoms. The minimum absolute atomic E-state index is 0.0264. The van der Waals surface area contributed by atoms with Crippen LogP contribution in [0, 0.1) is 12.3 Å². The zero-order chi connectivity index (χ0) is 10.5. The number of esters is 1. The Hall–Kier alpha value is -1.01. The van der Waals surface area contributed by atoms with Gasteiger partial charge in [-0.25, -0.2) is 0 Å². The predicted molar refractivity (Wildman–Crippen MR) is 52.1 cm³/mol. The van der Waals surface area contributed by atoms with Crippen molar-refractivity contribution in [1.29, 1.82) is 0 Å². The summed E-state index contributed by atoms with van der Waals surface area (Å²) in [6.45, 7) is 5.68. The van der Waals surface area contributed by atoms with Crippen molar-refractivity contribution in [3.8, 4) is 12.3 Å². The fourth-order valence-corrected chi connectivity index (χ4v) is 1.04. The van der Waals surface area contributed by atoms with E-state index in [0.717, 1.165) is 0 Å². The van der Waals surface area contributed by atoms with Gasteiger partial charge in [0.15, 0.2) is 0 Å². The van der Waals surface area contributed by atoms with Crippen LogP contribution in [0.2, 0.25) is 0 Å². The molecule has 0 spiro atoms. The number of hydrogen-bond acceptors (Lipinski definition) is 3. The predicted octanol–water partition coefficient (Wildman–Crippen LogP) is 0.939. The maximum atomic E-state index is 10.9. The van der Waals surface area contributed by atoms with Gasteiger partial charge in [0.05, 0.1) is 19.1 Å². The number of nitrogens with one attached hydrogen (secondary N) is 1. The lowest BCUT2D eigenvalue weighted by Gasteiger charge is -2.24. The molecule has 0 amide bonds. The average molecular weight is 183 g/mol. The topological polar surface area (TPSA) is 38.3 Å². The third kappa shape index (κ3) is 5.26. The highest BCUT2D eigenvalue weighted by Gasteiger charge is 2.18. The van der Waals surface area contributed by atoms with Gasteiger partial charge in [-0.15, -0.1) is 6.42 Å². The molecule has 0 radical (unpaired) electrons. The molecule has 0 saturated heterocycles. The van der Waals surface area contributed by atoms with Crippen LogP contribution in [0.25, 0.3) is 0 Å². The number of ether oxygens (including phenoxy) is 1. The zero-order valence-electron chi connectivity index (χ0n) is 8.68. The summed E-state index contributed by atoms with van der Waals surface area (Å²) in [5.74, 6) is 2.37. The average Bonchev–Trinajstić information content (AvgIpc) is 2.03. The highest BCUT2D eigenvalue weighted by molar-refractivity contribution is 5.69. The van der Waals surface area contributed by atoms with E-state index in [1.807, 2.05) is 20.8 Å². The highest BCUT2D eigenvalue weighted by atomic mass is 16.5. The Labute approximate surface area is 79.8 Å². The lowest BCUT2D eigenvalue weighted by Crippen LogP contribution is -2.44. The molecule has 0 aromatic rings. The molecule has 74 valence electrons. The summed E-state index contributed by atoms with van der Waals surface area (Å²) in [6, 6.07) is 0.0264. The largest absolute Gasteiger partial charge is 0.469 e. The summed E-state index contributed by atoms with van der Waals surface area (Å²) in [5, 5.41) is 3.13. The molecule has 0 aliphatic carbocycles. The van der Waals surface area contributed by atoms with Gasteiger partial charge in [0, 0.05) is 6.04 Å². The van der Waals surface area contributed by atoms with Crippen LogP contribution < -0.4 is 5.32 Å². The van der Waals surface area contributed by atoms with Crippen LogP contribution in [-0.2, 0) is 9.53 Å². The van der Waals surface area contributed by atoms with Crippen molar-refractivity contribution in [3.05, 3.63) is 0 Å². The quantitative estimate of drug-likeness (QED) is 0.520. The molecule has 0 heterocycles. The number of methoxy groups -OCH3 is 1. The van der Waals surface area contributed by atoms with Crippen molar-refractivity contribution in [2.24, 2.45) is 0 Å². The molecule has 1 unspecified atom stereocenters. The number of hydrogen-bond donors (Lipinski definition) is 1. The summed E-state index contributed by atoms with van der Waals surface area (Å²) < 4.78 is 4.54. The molecule has 0 rings (SSSR count). The van der Waals surface area contributed by atoms with Crippen LogP contribution in [0.3, 0.4) is 0 Å². The van der Waals surface area contributed by atoms with E-state index in [0.29, 0.717) is 6.42 Å². The second kappa shape index (κ2) is 4.88. The Morgan fingerprint density at radius 2 is 2.23 bits per heavy atom. The molecular weight excluding hydrogens is 166 g/mol. The van der Waals surface area contributed by atoms with E-state index in [9.17, 15) is 4.79 Å². The van der Waals surface area contributed by atoms with E-state index in [2.05, 4.69) is 16.0 Å². The molecule has 1 atom stereocenters. The minimum atomic E-state index is -0.382. The van der Waals surface area contributed by atoms with E-state index < -0.39 is 0 Å². The van der Waals surface area contributed by atoms with E-state index >= 15 is 0 Å². The van der Waals surface area contributed by atoms with E-state index in [1.165, 1.54) is 7.11 Å². The molecule has 0 aliphatic rings.